The smallest absolute Gasteiger partial charge is 0.311 e. The second-order valence-electron chi connectivity index (χ2n) is 6.92. The number of likely N-dealkylation sites (tertiary alicyclic amines) is 1. The van der Waals surface area contributed by atoms with Crippen molar-refractivity contribution >= 4 is 23.5 Å². The molecule has 1 N–H and O–H groups in total. The van der Waals surface area contributed by atoms with Crippen molar-refractivity contribution in [3.8, 4) is 5.75 Å². The van der Waals surface area contributed by atoms with Crippen LogP contribution in [0.15, 0.2) is 54.6 Å². The van der Waals surface area contributed by atoms with E-state index in [1.54, 1.807) is 36.3 Å². The lowest BCUT2D eigenvalue weighted by atomic mass is 10.1. The summed E-state index contributed by atoms with van der Waals surface area (Å²) in [7, 11) is 1.56. The number of nitrogens with zero attached hydrogens (tertiary/aromatic N) is 1. The van der Waals surface area contributed by atoms with Crippen LogP contribution in [0.5, 0.6) is 5.75 Å². The molecule has 0 bridgehead atoms. The Kier molecular flexibility index (Phi) is 6.49. The van der Waals surface area contributed by atoms with Gasteiger partial charge in [-0.15, -0.1) is 0 Å². The third-order valence-corrected chi connectivity index (χ3v) is 4.96. The number of carbonyl (C=O) groups is 3. The van der Waals surface area contributed by atoms with E-state index >= 15 is 0 Å². The van der Waals surface area contributed by atoms with Crippen molar-refractivity contribution in [2.45, 2.75) is 19.4 Å². The van der Waals surface area contributed by atoms with E-state index in [0.29, 0.717) is 11.4 Å². The van der Waals surface area contributed by atoms with Crippen molar-refractivity contribution in [2.24, 2.45) is 5.92 Å². The average Bonchev–Trinajstić information content (AvgIpc) is 3.14. The summed E-state index contributed by atoms with van der Waals surface area (Å²) < 4.78 is 10.2. The predicted molar refractivity (Wildman–Crippen MR) is 107 cm³/mol. The summed E-state index contributed by atoms with van der Waals surface area (Å²) in [5.74, 6) is -0.962. The van der Waals surface area contributed by atoms with Crippen LogP contribution in [-0.2, 0) is 19.1 Å². The highest BCUT2D eigenvalue weighted by Crippen LogP contribution is 2.29. The Bertz CT molecular complexity index is 867. The Morgan fingerprint density at radius 2 is 1.83 bits per heavy atom. The van der Waals surface area contributed by atoms with E-state index in [4.69, 9.17) is 9.47 Å². The van der Waals surface area contributed by atoms with Crippen LogP contribution in [0.1, 0.15) is 24.9 Å². The van der Waals surface area contributed by atoms with Crippen LogP contribution in [0.2, 0.25) is 0 Å². The number of anilines is 1. The van der Waals surface area contributed by atoms with Crippen molar-refractivity contribution in [3.63, 3.8) is 0 Å². The van der Waals surface area contributed by atoms with Gasteiger partial charge >= 0.3 is 5.97 Å². The summed E-state index contributed by atoms with van der Waals surface area (Å²) in [5.41, 5.74) is 1.58. The first kappa shape index (κ1) is 20.4. The molecule has 0 aromatic heterocycles. The van der Waals surface area contributed by atoms with Crippen molar-refractivity contribution in [1.29, 1.82) is 0 Å². The molecular weight excluding hydrogens is 372 g/mol. The van der Waals surface area contributed by atoms with Crippen LogP contribution < -0.4 is 10.1 Å². The Balaban J connectivity index is 1.49. The quantitative estimate of drug-likeness (QED) is 0.728. The number of benzene rings is 2. The van der Waals surface area contributed by atoms with Gasteiger partial charge < -0.3 is 19.7 Å². The fourth-order valence-electron chi connectivity index (χ4n) is 3.30. The number of hydrogen-bond acceptors (Lipinski definition) is 5. The molecule has 7 heteroatoms. The molecule has 1 heterocycles. The molecule has 0 saturated carbocycles. The minimum Gasteiger partial charge on any atom is -0.497 e. The molecule has 152 valence electrons. The second-order valence-corrected chi connectivity index (χ2v) is 6.92. The van der Waals surface area contributed by atoms with Gasteiger partial charge in [-0.1, -0.05) is 30.3 Å². The Morgan fingerprint density at radius 3 is 2.48 bits per heavy atom. The molecule has 1 aliphatic heterocycles. The molecule has 0 aliphatic carbocycles. The third kappa shape index (κ3) is 5.13. The van der Waals surface area contributed by atoms with Crippen molar-refractivity contribution < 1.29 is 23.9 Å². The second kappa shape index (κ2) is 9.23. The zero-order valence-corrected chi connectivity index (χ0v) is 16.5. The molecule has 0 unspecified atom stereocenters. The molecule has 2 aromatic rings. The summed E-state index contributed by atoms with van der Waals surface area (Å²) in [4.78, 5) is 38.4. The lowest BCUT2D eigenvalue weighted by molar-refractivity contribution is -0.151. The zero-order chi connectivity index (χ0) is 20.8. The maximum Gasteiger partial charge on any atom is 0.311 e. The Hall–Kier alpha value is -3.35. The van der Waals surface area contributed by atoms with Gasteiger partial charge in [-0.25, -0.2) is 0 Å². The standard InChI is InChI=1S/C22H24N2O5/c1-15(16-6-4-3-5-7-16)24-13-17(12-21(24)26)22(27)29-14-20(25)23-18-8-10-19(28-2)11-9-18/h3-11,15,17H,12-14H2,1-2H3,(H,23,25)/t15-,17-/m1/s1. The minimum atomic E-state index is -0.567. The SMILES string of the molecule is COc1ccc(NC(=O)COC(=O)[C@@H]2CC(=O)N([C@H](C)c3ccccc3)C2)cc1. The highest BCUT2D eigenvalue weighted by atomic mass is 16.5. The van der Waals surface area contributed by atoms with Crippen molar-refractivity contribution in [1.82, 2.24) is 4.90 Å². The van der Waals surface area contributed by atoms with Crippen LogP contribution in [0.4, 0.5) is 5.69 Å². The van der Waals surface area contributed by atoms with Crippen molar-refractivity contribution in [2.75, 3.05) is 25.6 Å². The molecule has 3 rings (SSSR count). The molecule has 7 nitrogen and oxygen atoms in total. The highest BCUT2D eigenvalue weighted by Gasteiger charge is 2.38. The Labute approximate surface area is 169 Å². The predicted octanol–water partition coefficient (Wildman–Crippen LogP) is 2.79. The van der Waals surface area contributed by atoms with Gasteiger partial charge in [-0.05, 0) is 36.8 Å². The largest absolute Gasteiger partial charge is 0.497 e. The molecule has 0 radical (unpaired) electrons. The van der Waals surface area contributed by atoms with Gasteiger partial charge in [0.05, 0.1) is 19.1 Å². The van der Waals surface area contributed by atoms with Gasteiger partial charge in [0.2, 0.25) is 5.91 Å². The van der Waals surface area contributed by atoms with E-state index in [1.807, 2.05) is 37.3 Å². The fraction of sp³-hybridized carbons (Fsp3) is 0.318. The van der Waals surface area contributed by atoms with Crippen LogP contribution >= 0.6 is 0 Å². The van der Waals surface area contributed by atoms with Gasteiger partial charge in [0, 0.05) is 18.7 Å². The number of ether oxygens (including phenoxy) is 2. The Morgan fingerprint density at radius 1 is 1.14 bits per heavy atom. The molecule has 2 amide bonds. The number of hydrogen-bond donors (Lipinski definition) is 1. The molecule has 1 aliphatic rings. The summed E-state index contributed by atoms with van der Waals surface area (Å²) in [5, 5.41) is 2.65. The normalized spacial score (nSPS) is 17.0. The summed E-state index contributed by atoms with van der Waals surface area (Å²) >= 11 is 0. The maximum atomic E-state index is 12.4. The van der Waals surface area contributed by atoms with E-state index in [1.165, 1.54) is 0 Å². The summed E-state index contributed by atoms with van der Waals surface area (Å²) in [6.07, 6.45) is 0.0934. The first-order chi connectivity index (χ1) is 14.0. The van der Waals surface area contributed by atoms with E-state index in [9.17, 15) is 14.4 Å². The monoisotopic (exact) mass is 396 g/mol. The number of nitrogens with one attached hydrogen (secondary N) is 1. The van der Waals surface area contributed by atoms with E-state index in [0.717, 1.165) is 5.56 Å². The zero-order valence-electron chi connectivity index (χ0n) is 16.5. The van der Waals surface area contributed by atoms with Gasteiger partial charge in [-0.2, -0.15) is 0 Å². The number of rotatable bonds is 7. The van der Waals surface area contributed by atoms with Gasteiger partial charge in [0.15, 0.2) is 6.61 Å². The molecular formula is C22H24N2O5. The highest BCUT2D eigenvalue weighted by molar-refractivity contribution is 5.93. The number of esters is 1. The number of methoxy groups -OCH3 is 1. The topological polar surface area (TPSA) is 84.9 Å². The third-order valence-electron chi connectivity index (χ3n) is 4.96. The van der Waals surface area contributed by atoms with Crippen LogP contribution in [0.25, 0.3) is 0 Å². The number of carbonyl (C=O) groups excluding carboxylic acids is 3. The maximum absolute atomic E-state index is 12.4. The lowest BCUT2D eigenvalue weighted by Crippen LogP contribution is -2.30. The van der Waals surface area contributed by atoms with E-state index in [-0.39, 0.29) is 24.9 Å². The van der Waals surface area contributed by atoms with Gasteiger partial charge in [0.25, 0.3) is 5.91 Å². The average molecular weight is 396 g/mol. The summed E-state index contributed by atoms with van der Waals surface area (Å²) in [6.45, 7) is 1.82. The molecule has 2 atom stereocenters. The van der Waals surface area contributed by atoms with Gasteiger partial charge in [-0.3, -0.25) is 14.4 Å². The van der Waals surface area contributed by atoms with Crippen LogP contribution in [0.3, 0.4) is 0 Å². The lowest BCUT2D eigenvalue weighted by Gasteiger charge is -2.25. The van der Waals surface area contributed by atoms with Crippen molar-refractivity contribution in [3.05, 3.63) is 60.2 Å². The minimum absolute atomic E-state index is 0.0917. The van der Waals surface area contributed by atoms with Gasteiger partial charge in [0.1, 0.15) is 5.75 Å². The first-order valence-electron chi connectivity index (χ1n) is 9.43. The molecule has 2 aromatic carbocycles. The summed E-state index contributed by atoms with van der Waals surface area (Å²) in [6, 6.07) is 16.3. The first-order valence-corrected chi connectivity index (χ1v) is 9.43. The number of amides is 2. The molecule has 0 spiro atoms. The van der Waals surface area contributed by atoms with E-state index in [2.05, 4.69) is 5.32 Å². The fourth-order valence-corrected chi connectivity index (χ4v) is 3.30. The molecule has 29 heavy (non-hydrogen) atoms. The molecule has 1 saturated heterocycles. The van der Waals surface area contributed by atoms with Crippen LogP contribution in [-0.4, -0.2) is 42.9 Å². The van der Waals surface area contributed by atoms with E-state index < -0.39 is 24.4 Å². The van der Waals surface area contributed by atoms with Crippen LogP contribution in [0, 0.1) is 5.92 Å². The molecule has 1 fully saturated rings.